The summed E-state index contributed by atoms with van der Waals surface area (Å²) in [7, 11) is 0. The molecule has 0 saturated heterocycles. The molecule has 0 aromatic rings. The molecule has 1 rings (SSSR count). The Hall–Kier alpha value is -0.820. The molecule has 0 amide bonds. The number of aliphatic hydroxyl groups excluding tert-OH is 1. The molecule has 0 aromatic heterocycles. The minimum Gasteiger partial charge on any atom is -0.479 e. The summed E-state index contributed by atoms with van der Waals surface area (Å²) >= 11 is 0. The topological polar surface area (TPSA) is 83.5 Å². The van der Waals surface area contributed by atoms with E-state index in [1.807, 2.05) is 0 Å². The van der Waals surface area contributed by atoms with Crippen LogP contribution in [-0.4, -0.2) is 34.0 Å². The first kappa shape index (κ1) is 13.2. The third kappa shape index (κ3) is 2.65. The normalized spacial score (nSPS) is 33.4. The maximum Gasteiger partial charge on any atom is 0.391 e. The van der Waals surface area contributed by atoms with Crippen LogP contribution in [0.15, 0.2) is 0 Å². The largest absolute Gasteiger partial charge is 0.479 e. The highest BCUT2D eigenvalue weighted by Crippen LogP contribution is 2.41. The number of halogens is 3. The third-order valence-corrected chi connectivity index (χ3v) is 3.06. The van der Waals surface area contributed by atoms with Crippen LogP contribution in [0.5, 0.6) is 0 Å². The number of carboxylic acids is 1. The van der Waals surface area contributed by atoms with E-state index < -0.39 is 36.1 Å². The van der Waals surface area contributed by atoms with Crippen LogP contribution in [0.3, 0.4) is 0 Å². The smallest absolute Gasteiger partial charge is 0.391 e. The molecule has 0 heterocycles. The Morgan fingerprint density at radius 3 is 2.50 bits per heavy atom. The SMILES string of the molecule is NC1(C(O)C(=O)O)CCCC(C(F)(F)F)C1. The lowest BCUT2D eigenvalue weighted by Gasteiger charge is -2.40. The Bertz CT molecular complexity index is 282. The maximum atomic E-state index is 12.5. The van der Waals surface area contributed by atoms with Crippen molar-refractivity contribution in [1.29, 1.82) is 0 Å². The van der Waals surface area contributed by atoms with E-state index in [1.165, 1.54) is 0 Å². The predicted molar refractivity (Wildman–Crippen MR) is 48.6 cm³/mol. The van der Waals surface area contributed by atoms with Gasteiger partial charge in [-0.25, -0.2) is 4.79 Å². The van der Waals surface area contributed by atoms with Crippen molar-refractivity contribution < 1.29 is 28.2 Å². The van der Waals surface area contributed by atoms with Gasteiger partial charge in [0.25, 0.3) is 0 Å². The molecule has 4 nitrogen and oxygen atoms in total. The molecule has 0 bridgehead atoms. The molecule has 3 atom stereocenters. The number of aliphatic carboxylic acids is 1. The van der Waals surface area contributed by atoms with Gasteiger partial charge >= 0.3 is 12.1 Å². The molecule has 16 heavy (non-hydrogen) atoms. The van der Waals surface area contributed by atoms with Gasteiger partial charge in [0.05, 0.1) is 11.5 Å². The quantitative estimate of drug-likeness (QED) is 0.670. The van der Waals surface area contributed by atoms with Crippen LogP contribution in [0.4, 0.5) is 13.2 Å². The second kappa shape index (κ2) is 4.21. The Balaban J connectivity index is 2.80. The Morgan fingerprint density at radius 1 is 1.50 bits per heavy atom. The highest BCUT2D eigenvalue weighted by Gasteiger charge is 2.50. The molecule has 94 valence electrons. The van der Waals surface area contributed by atoms with Crippen LogP contribution < -0.4 is 5.73 Å². The number of nitrogens with two attached hydrogens (primary N) is 1. The van der Waals surface area contributed by atoms with Gasteiger partial charge in [-0.3, -0.25) is 0 Å². The van der Waals surface area contributed by atoms with Crippen molar-refractivity contribution in [2.75, 3.05) is 0 Å². The zero-order chi connectivity index (χ0) is 12.6. The van der Waals surface area contributed by atoms with E-state index in [9.17, 15) is 23.1 Å². The summed E-state index contributed by atoms with van der Waals surface area (Å²) in [5.41, 5.74) is 3.88. The molecule has 1 fully saturated rings. The fraction of sp³-hybridized carbons (Fsp3) is 0.889. The molecule has 1 aliphatic carbocycles. The molecule has 0 aliphatic heterocycles. The van der Waals surface area contributed by atoms with Crippen LogP contribution in [-0.2, 0) is 4.79 Å². The minimum absolute atomic E-state index is 0.0607. The average molecular weight is 241 g/mol. The van der Waals surface area contributed by atoms with E-state index in [0.29, 0.717) is 0 Å². The third-order valence-electron chi connectivity index (χ3n) is 3.06. The number of carboxylic acid groups (broad SMARTS) is 1. The van der Waals surface area contributed by atoms with Gasteiger partial charge in [-0.15, -0.1) is 0 Å². The van der Waals surface area contributed by atoms with E-state index in [2.05, 4.69) is 0 Å². The van der Waals surface area contributed by atoms with Gasteiger partial charge in [-0.1, -0.05) is 6.42 Å². The summed E-state index contributed by atoms with van der Waals surface area (Å²) in [5.74, 6) is -3.20. The molecule has 1 aliphatic rings. The number of hydrogen-bond donors (Lipinski definition) is 3. The van der Waals surface area contributed by atoms with Crippen LogP contribution >= 0.6 is 0 Å². The van der Waals surface area contributed by atoms with Crippen LogP contribution in [0.25, 0.3) is 0 Å². The summed E-state index contributed by atoms with van der Waals surface area (Å²) in [4.78, 5) is 10.5. The number of aliphatic hydroxyl groups is 1. The van der Waals surface area contributed by atoms with Crippen molar-refractivity contribution in [3.05, 3.63) is 0 Å². The zero-order valence-corrected chi connectivity index (χ0v) is 8.50. The molecule has 0 spiro atoms. The van der Waals surface area contributed by atoms with Crippen molar-refractivity contribution in [2.24, 2.45) is 11.7 Å². The number of carbonyl (C=O) groups is 1. The number of alkyl halides is 3. The molecular weight excluding hydrogens is 227 g/mol. The lowest BCUT2D eigenvalue weighted by Crippen LogP contribution is -2.58. The van der Waals surface area contributed by atoms with Gasteiger partial charge in [0, 0.05) is 0 Å². The highest BCUT2D eigenvalue weighted by molar-refractivity contribution is 5.73. The minimum atomic E-state index is -4.39. The Morgan fingerprint density at radius 2 is 2.06 bits per heavy atom. The Kier molecular flexibility index (Phi) is 3.49. The van der Waals surface area contributed by atoms with Crippen LogP contribution in [0, 0.1) is 5.92 Å². The monoisotopic (exact) mass is 241 g/mol. The molecule has 1 saturated carbocycles. The first-order valence-corrected chi connectivity index (χ1v) is 4.93. The van der Waals surface area contributed by atoms with Crippen molar-refractivity contribution in [1.82, 2.24) is 0 Å². The van der Waals surface area contributed by atoms with E-state index in [-0.39, 0.29) is 19.3 Å². The van der Waals surface area contributed by atoms with Crippen LogP contribution in [0.1, 0.15) is 25.7 Å². The summed E-state index contributed by atoms with van der Waals surface area (Å²) in [6.07, 6.45) is -6.67. The van der Waals surface area contributed by atoms with Gasteiger partial charge in [0.1, 0.15) is 0 Å². The Labute approximate surface area is 90.2 Å². The number of hydrogen-bond acceptors (Lipinski definition) is 3. The van der Waals surface area contributed by atoms with E-state index in [4.69, 9.17) is 10.8 Å². The zero-order valence-electron chi connectivity index (χ0n) is 8.50. The summed E-state index contributed by atoms with van der Waals surface area (Å²) < 4.78 is 37.4. The molecular formula is C9H14F3NO3. The molecule has 4 N–H and O–H groups in total. The first-order chi connectivity index (χ1) is 7.17. The van der Waals surface area contributed by atoms with E-state index in [1.54, 1.807) is 0 Å². The lowest BCUT2D eigenvalue weighted by atomic mass is 9.73. The second-order valence-electron chi connectivity index (χ2n) is 4.31. The summed E-state index contributed by atoms with van der Waals surface area (Å²) in [6, 6.07) is 0. The van der Waals surface area contributed by atoms with Crippen molar-refractivity contribution in [2.45, 2.75) is 43.5 Å². The van der Waals surface area contributed by atoms with Gasteiger partial charge in [-0.05, 0) is 19.3 Å². The second-order valence-corrected chi connectivity index (χ2v) is 4.31. The predicted octanol–water partition coefficient (Wildman–Crippen LogP) is 0.882. The van der Waals surface area contributed by atoms with Crippen molar-refractivity contribution in [3.63, 3.8) is 0 Å². The lowest BCUT2D eigenvalue weighted by molar-refractivity contribution is -0.193. The van der Waals surface area contributed by atoms with Crippen molar-refractivity contribution >= 4 is 5.97 Å². The molecule has 3 unspecified atom stereocenters. The standard InChI is InChI=1S/C9H14F3NO3/c10-9(11,12)5-2-1-3-8(13,4-5)6(14)7(15)16/h5-6,14H,1-4,13H2,(H,15,16). The van der Waals surface area contributed by atoms with Crippen LogP contribution in [0.2, 0.25) is 0 Å². The van der Waals surface area contributed by atoms with Gasteiger partial charge in [0.2, 0.25) is 0 Å². The summed E-state index contributed by atoms with van der Waals surface area (Å²) in [6.45, 7) is 0. The van der Waals surface area contributed by atoms with Gasteiger partial charge < -0.3 is 15.9 Å². The first-order valence-electron chi connectivity index (χ1n) is 4.93. The molecule has 0 radical (unpaired) electrons. The fourth-order valence-electron chi connectivity index (χ4n) is 2.11. The molecule has 0 aromatic carbocycles. The summed E-state index contributed by atoms with van der Waals surface area (Å²) in [5, 5.41) is 17.9. The maximum absolute atomic E-state index is 12.5. The fourth-order valence-corrected chi connectivity index (χ4v) is 2.11. The molecule has 7 heteroatoms. The van der Waals surface area contributed by atoms with E-state index >= 15 is 0 Å². The van der Waals surface area contributed by atoms with Gasteiger partial charge in [-0.2, -0.15) is 13.2 Å². The number of rotatable bonds is 2. The van der Waals surface area contributed by atoms with Gasteiger partial charge in [0.15, 0.2) is 6.10 Å². The average Bonchev–Trinajstić information content (AvgIpc) is 2.15. The van der Waals surface area contributed by atoms with Crippen molar-refractivity contribution in [3.8, 4) is 0 Å². The van der Waals surface area contributed by atoms with E-state index in [0.717, 1.165) is 0 Å². The highest BCUT2D eigenvalue weighted by atomic mass is 19.4.